The van der Waals surface area contributed by atoms with Crippen LogP contribution >= 0.6 is 50.2 Å². The maximum atomic E-state index is 10.00. The zero-order valence-electron chi connectivity index (χ0n) is 7.61. The molecule has 2 aromatic rings. The lowest BCUT2D eigenvalue weighted by molar-refractivity contribution is 0.182. The van der Waals surface area contributed by atoms with Gasteiger partial charge in [0.1, 0.15) is 0 Å². The zero-order chi connectivity index (χ0) is 10.8. The highest BCUT2D eigenvalue weighted by Gasteiger charge is 2.14. The summed E-state index contributed by atoms with van der Waals surface area (Å²) in [7, 11) is 0. The van der Waals surface area contributed by atoms with E-state index in [1.54, 1.807) is 11.3 Å². The van der Waals surface area contributed by atoms with Crippen LogP contribution in [-0.4, -0.2) is 5.11 Å². The SMILES string of the molecule is OC(Cc1ccc(Cl)s1)c1sccc1Br. The van der Waals surface area contributed by atoms with Gasteiger partial charge in [-0.1, -0.05) is 11.6 Å². The van der Waals surface area contributed by atoms with E-state index >= 15 is 0 Å². The summed E-state index contributed by atoms with van der Waals surface area (Å²) >= 11 is 12.3. The quantitative estimate of drug-likeness (QED) is 0.881. The molecule has 1 atom stereocenters. The minimum Gasteiger partial charge on any atom is -0.387 e. The van der Waals surface area contributed by atoms with E-state index in [-0.39, 0.29) is 0 Å². The molecule has 0 radical (unpaired) electrons. The summed E-state index contributed by atoms with van der Waals surface area (Å²) in [5.41, 5.74) is 0. The number of halogens is 2. The van der Waals surface area contributed by atoms with Gasteiger partial charge in [-0.25, -0.2) is 0 Å². The molecular weight excluding hydrogens is 316 g/mol. The van der Waals surface area contributed by atoms with Crippen molar-refractivity contribution in [3.63, 3.8) is 0 Å². The van der Waals surface area contributed by atoms with Crippen LogP contribution in [0.4, 0.5) is 0 Å². The summed E-state index contributed by atoms with van der Waals surface area (Å²) in [6, 6.07) is 5.76. The smallest absolute Gasteiger partial charge is 0.0941 e. The lowest BCUT2D eigenvalue weighted by atomic mass is 10.2. The zero-order valence-corrected chi connectivity index (χ0v) is 11.6. The molecule has 0 saturated carbocycles. The molecule has 0 aliphatic carbocycles. The van der Waals surface area contributed by atoms with Crippen molar-refractivity contribution in [1.29, 1.82) is 0 Å². The van der Waals surface area contributed by atoms with Gasteiger partial charge < -0.3 is 5.11 Å². The second-order valence-corrected chi connectivity index (χ2v) is 6.66. The highest BCUT2D eigenvalue weighted by molar-refractivity contribution is 9.10. The van der Waals surface area contributed by atoms with Crippen LogP contribution in [0, 0.1) is 0 Å². The summed E-state index contributed by atoms with van der Waals surface area (Å²) in [4.78, 5) is 2.08. The lowest BCUT2D eigenvalue weighted by Crippen LogP contribution is -1.98. The molecule has 0 amide bonds. The van der Waals surface area contributed by atoms with Gasteiger partial charge in [-0.15, -0.1) is 22.7 Å². The van der Waals surface area contributed by atoms with Crippen molar-refractivity contribution in [3.05, 3.63) is 42.1 Å². The molecule has 2 aromatic heterocycles. The number of hydrogen-bond donors (Lipinski definition) is 1. The Morgan fingerprint density at radius 1 is 1.40 bits per heavy atom. The first-order chi connectivity index (χ1) is 7.16. The highest BCUT2D eigenvalue weighted by atomic mass is 79.9. The molecule has 1 unspecified atom stereocenters. The van der Waals surface area contributed by atoms with Crippen molar-refractivity contribution in [2.24, 2.45) is 0 Å². The molecule has 5 heteroatoms. The average Bonchev–Trinajstić information content (AvgIpc) is 2.75. The maximum Gasteiger partial charge on any atom is 0.0941 e. The molecule has 2 rings (SSSR count). The first-order valence-electron chi connectivity index (χ1n) is 4.32. The fourth-order valence-electron chi connectivity index (χ4n) is 1.29. The van der Waals surface area contributed by atoms with Crippen LogP contribution in [0.5, 0.6) is 0 Å². The standard InChI is InChI=1S/C10H8BrClOS2/c11-7-3-4-14-10(7)8(13)5-6-1-2-9(12)15-6/h1-4,8,13H,5H2. The maximum absolute atomic E-state index is 10.00. The molecule has 0 fully saturated rings. The van der Waals surface area contributed by atoms with Gasteiger partial charge >= 0.3 is 0 Å². The van der Waals surface area contributed by atoms with Crippen LogP contribution < -0.4 is 0 Å². The molecule has 0 aliphatic heterocycles. The van der Waals surface area contributed by atoms with E-state index in [1.807, 2.05) is 23.6 Å². The Hall–Kier alpha value is 0.130. The predicted molar refractivity (Wildman–Crippen MR) is 70.0 cm³/mol. The Labute approximate surface area is 109 Å². The topological polar surface area (TPSA) is 20.2 Å². The normalized spacial score (nSPS) is 13.0. The van der Waals surface area contributed by atoms with Gasteiger partial charge in [-0.3, -0.25) is 0 Å². The molecule has 1 nitrogen and oxygen atoms in total. The summed E-state index contributed by atoms with van der Waals surface area (Å²) in [6.07, 6.45) is 0.172. The molecule has 0 aliphatic rings. The second kappa shape index (κ2) is 4.97. The summed E-state index contributed by atoms with van der Waals surface area (Å²) < 4.78 is 1.74. The molecule has 1 N–H and O–H groups in total. The summed E-state index contributed by atoms with van der Waals surface area (Å²) in [5, 5.41) is 12.0. The average molecular weight is 324 g/mol. The first-order valence-corrected chi connectivity index (χ1v) is 7.18. The third-order valence-electron chi connectivity index (χ3n) is 1.97. The molecule has 0 aromatic carbocycles. The van der Waals surface area contributed by atoms with Crippen LogP contribution in [-0.2, 0) is 6.42 Å². The molecule has 0 spiro atoms. The molecular formula is C10H8BrClOS2. The predicted octanol–water partition coefficient (Wildman–Crippen LogP) is 4.50. The van der Waals surface area contributed by atoms with Crippen molar-refractivity contribution in [3.8, 4) is 0 Å². The number of aliphatic hydroxyl groups excluding tert-OH is 1. The minimum atomic E-state index is -0.450. The third kappa shape index (κ3) is 2.82. The first kappa shape index (κ1) is 11.6. The van der Waals surface area contributed by atoms with Crippen molar-refractivity contribution in [1.82, 2.24) is 0 Å². The van der Waals surface area contributed by atoms with E-state index in [0.717, 1.165) is 18.6 Å². The molecule has 0 saturated heterocycles. The van der Waals surface area contributed by atoms with Crippen LogP contribution in [0.1, 0.15) is 15.9 Å². The van der Waals surface area contributed by atoms with Gasteiger partial charge in [0.25, 0.3) is 0 Å². The largest absolute Gasteiger partial charge is 0.387 e. The highest BCUT2D eigenvalue weighted by Crippen LogP contribution is 2.33. The van der Waals surface area contributed by atoms with Crippen molar-refractivity contribution < 1.29 is 5.11 Å². The number of thiophene rings is 2. The summed E-state index contributed by atoms with van der Waals surface area (Å²) in [6.45, 7) is 0. The molecule has 15 heavy (non-hydrogen) atoms. The van der Waals surface area contributed by atoms with E-state index in [0.29, 0.717) is 6.42 Å². The van der Waals surface area contributed by atoms with Crippen LogP contribution in [0.2, 0.25) is 4.34 Å². The Morgan fingerprint density at radius 2 is 2.20 bits per heavy atom. The summed E-state index contributed by atoms with van der Waals surface area (Å²) in [5.74, 6) is 0. The van der Waals surface area contributed by atoms with Gasteiger partial charge in [0.2, 0.25) is 0 Å². The van der Waals surface area contributed by atoms with E-state index in [9.17, 15) is 5.11 Å². The number of aliphatic hydroxyl groups is 1. The lowest BCUT2D eigenvalue weighted by Gasteiger charge is -2.07. The van der Waals surface area contributed by atoms with Gasteiger partial charge in [0, 0.05) is 20.6 Å². The Kier molecular flexibility index (Phi) is 3.85. The van der Waals surface area contributed by atoms with Crippen LogP contribution in [0.3, 0.4) is 0 Å². The van der Waals surface area contributed by atoms with E-state index < -0.39 is 6.10 Å². The van der Waals surface area contributed by atoms with Gasteiger partial charge in [0.05, 0.1) is 10.4 Å². The van der Waals surface area contributed by atoms with E-state index in [2.05, 4.69) is 15.9 Å². The minimum absolute atomic E-state index is 0.450. The Morgan fingerprint density at radius 3 is 2.73 bits per heavy atom. The van der Waals surface area contributed by atoms with Crippen LogP contribution in [0.15, 0.2) is 28.1 Å². The van der Waals surface area contributed by atoms with Crippen molar-refractivity contribution in [2.75, 3.05) is 0 Å². The van der Waals surface area contributed by atoms with Gasteiger partial charge in [0.15, 0.2) is 0 Å². The molecule has 0 bridgehead atoms. The Balaban J connectivity index is 2.10. The van der Waals surface area contributed by atoms with Crippen molar-refractivity contribution in [2.45, 2.75) is 12.5 Å². The Bertz CT molecular complexity index is 452. The van der Waals surface area contributed by atoms with E-state index in [1.165, 1.54) is 11.3 Å². The molecule has 80 valence electrons. The van der Waals surface area contributed by atoms with Crippen LogP contribution in [0.25, 0.3) is 0 Å². The fourth-order valence-corrected chi connectivity index (χ4v) is 4.04. The van der Waals surface area contributed by atoms with Gasteiger partial charge in [-0.2, -0.15) is 0 Å². The van der Waals surface area contributed by atoms with E-state index in [4.69, 9.17) is 11.6 Å². The van der Waals surface area contributed by atoms with Gasteiger partial charge in [-0.05, 0) is 39.5 Å². The monoisotopic (exact) mass is 322 g/mol. The third-order valence-corrected chi connectivity index (χ3v) is 5.20. The van der Waals surface area contributed by atoms with Crippen molar-refractivity contribution >= 4 is 50.2 Å². The fraction of sp³-hybridized carbons (Fsp3) is 0.200. The second-order valence-electron chi connectivity index (χ2n) is 3.06. The number of hydrogen-bond acceptors (Lipinski definition) is 3. The number of rotatable bonds is 3. The molecule has 2 heterocycles.